The summed E-state index contributed by atoms with van der Waals surface area (Å²) in [6.45, 7) is 7.58. The van der Waals surface area contributed by atoms with E-state index < -0.39 is 0 Å². The fraction of sp³-hybridized carbons (Fsp3) is 1.00. The van der Waals surface area contributed by atoms with E-state index in [0.717, 1.165) is 32.3 Å². The van der Waals surface area contributed by atoms with Crippen LogP contribution in [-0.2, 0) is 4.74 Å². The average molecular weight is 184 g/mol. The number of fused-ring (bicyclic) bond motifs is 1. The molecule has 0 amide bonds. The summed E-state index contributed by atoms with van der Waals surface area (Å²) >= 11 is 0. The zero-order chi connectivity index (χ0) is 9.10. The Balaban J connectivity index is 1.76. The summed E-state index contributed by atoms with van der Waals surface area (Å²) in [4.78, 5) is 2.59. The largest absolute Gasteiger partial charge is 0.374 e. The summed E-state index contributed by atoms with van der Waals surface area (Å²) in [5.74, 6) is 0. The van der Waals surface area contributed by atoms with Gasteiger partial charge in [0.15, 0.2) is 0 Å². The molecule has 2 heterocycles. The number of morpholine rings is 1. The average Bonchev–Trinajstić information content (AvgIpc) is 2.61. The normalized spacial score (nSPS) is 34.8. The van der Waals surface area contributed by atoms with Gasteiger partial charge in [0.1, 0.15) is 0 Å². The van der Waals surface area contributed by atoms with Gasteiger partial charge in [-0.05, 0) is 25.9 Å². The molecule has 76 valence electrons. The molecule has 0 aromatic rings. The van der Waals surface area contributed by atoms with Gasteiger partial charge in [0.25, 0.3) is 0 Å². The first-order valence-electron chi connectivity index (χ1n) is 5.46. The molecule has 0 aromatic carbocycles. The second-order valence-electron chi connectivity index (χ2n) is 4.05. The SMILES string of the molecule is CCNCC1CN2CCCC2CO1. The van der Waals surface area contributed by atoms with Crippen molar-refractivity contribution >= 4 is 0 Å². The van der Waals surface area contributed by atoms with Crippen molar-refractivity contribution in [3.8, 4) is 0 Å². The highest BCUT2D eigenvalue weighted by molar-refractivity contribution is 4.85. The molecule has 0 spiro atoms. The highest BCUT2D eigenvalue weighted by atomic mass is 16.5. The number of likely N-dealkylation sites (N-methyl/N-ethyl adjacent to an activating group) is 1. The minimum Gasteiger partial charge on any atom is -0.374 e. The molecule has 1 N–H and O–H groups in total. The number of rotatable bonds is 3. The van der Waals surface area contributed by atoms with Gasteiger partial charge in [-0.25, -0.2) is 0 Å². The van der Waals surface area contributed by atoms with E-state index in [4.69, 9.17) is 4.74 Å². The quantitative estimate of drug-likeness (QED) is 0.689. The third-order valence-electron chi connectivity index (χ3n) is 3.08. The van der Waals surface area contributed by atoms with Gasteiger partial charge in [-0.3, -0.25) is 4.90 Å². The van der Waals surface area contributed by atoms with Gasteiger partial charge < -0.3 is 10.1 Å². The van der Waals surface area contributed by atoms with Gasteiger partial charge in [0.2, 0.25) is 0 Å². The molecule has 13 heavy (non-hydrogen) atoms. The zero-order valence-electron chi connectivity index (χ0n) is 8.46. The van der Waals surface area contributed by atoms with Crippen molar-refractivity contribution in [2.24, 2.45) is 0 Å². The predicted octanol–water partition coefficient (Wildman–Crippen LogP) is 0.459. The fourth-order valence-corrected chi connectivity index (χ4v) is 2.31. The predicted molar refractivity (Wildman–Crippen MR) is 52.9 cm³/mol. The van der Waals surface area contributed by atoms with Crippen molar-refractivity contribution in [1.82, 2.24) is 10.2 Å². The fourth-order valence-electron chi connectivity index (χ4n) is 2.31. The van der Waals surface area contributed by atoms with Crippen molar-refractivity contribution < 1.29 is 4.74 Å². The van der Waals surface area contributed by atoms with Crippen molar-refractivity contribution in [3.63, 3.8) is 0 Å². The molecule has 0 aromatic heterocycles. The number of nitrogens with one attached hydrogen (secondary N) is 1. The summed E-state index contributed by atoms with van der Waals surface area (Å²) in [7, 11) is 0. The molecule has 2 atom stereocenters. The van der Waals surface area contributed by atoms with Crippen molar-refractivity contribution in [1.29, 1.82) is 0 Å². The van der Waals surface area contributed by atoms with E-state index in [2.05, 4.69) is 17.1 Å². The van der Waals surface area contributed by atoms with Crippen LogP contribution in [0.3, 0.4) is 0 Å². The molecule has 2 fully saturated rings. The lowest BCUT2D eigenvalue weighted by atomic mass is 10.2. The Bertz CT molecular complexity index is 163. The van der Waals surface area contributed by atoms with Crippen LogP contribution in [0.15, 0.2) is 0 Å². The molecule has 0 saturated carbocycles. The Morgan fingerprint density at radius 1 is 1.54 bits per heavy atom. The van der Waals surface area contributed by atoms with E-state index >= 15 is 0 Å². The van der Waals surface area contributed by atoms with Crippen molar-refractivity contribution in [2.75, 3.05) is 32.8 Å². The topological polar surface area (TPSA) is 24.5 Å². The van der Waals surface area contributed by atoms with Crippen LogP contribution in [0, 0.1) is 0 Å². The summed E-state index contributed by atoms with van der Waals surface area (Å²) in [5.41, 5.74) is 0. The first-order chi connectivity index (χ1) is 6.40. The Hall–Kier alpha value is -0.120. The van der Waals surface area contributed by atoms with E-state index in [-0.39, 0.29) is 0 Å². The first kappa shape index (κ1) is 9.44. The number of nitrogens with zero attached hydrogens (tertiary/aromatic N) is 1. The maximum absolute atomic E-state index is 5.79. The third-order valence-corrected chi connectivity index (χ3v) is 3.08. The van der Waals surface area contributed by atoms with Gasteiger partial charge in [-0.1, -0.05) is 6.92 Å². The number of ether oxygens (including phenoxy) is 1. The lowest BCUT2D eigenvalue weighted by molar-refractivity contribution is -0.0467. The summed E-state index contributed by atoms with van der Waals surface area (Å²) in [6.07, 6.45) is 3.13. The molecule has 2 aliphatic heterocycles. The molecule has 2 saturated heterocycles. The maximum atomic E-state index is 5.79. The second kappa shape index (κ2) is 4.40. The highest BCUT2D eigenvalue weighted by Crippen LogP contribution is 2.22. The molecule has 2 unspecified atom stereocenters. The highest BCUT2D eigenvalue weighted by Gasteiger charge is 2.31. The van der Waals surface area contributed by atoms with E-state index in [9.17, 15) is 0 Å². The lowest BCUT2D eigenvalue weighted by Crippen LogP contribution is -2.49. The lowest BCUT2D eigenvalue weighted by Gasteiger charge is -2.35. The van der Waals surface area contributed by atoms with Gasteiger partial charge in [0.05, 0.1) is 12.7 Å². The van der Waals surface area contributed by atoms with Crippen LogP contribution in [0.4, 0.5) is 0 Å². The molecule has 2 aliphatic rings. The molecule has 0 aliphatic carbocycles. The van der Waals surface area contributed by atoms with E-state index in [1.807, 2.05) is 0 Å². The third kappa shape index (κ3) is 2.22. The standard InChI is InChI=1S/C10H20N2O/c1-2-11-6-10-7-12-5-3-4-9(12)8-13-10/h9-11H,2-8H2,1H3. The molecular formula is C10H20N2O. The number of hydrogen-bond donors (Lipinski definition) is 1. The Morgan fingerprint density at radius 2 is 2.46 bits per heavy atom. The van der Waals surface area contributed by atoms with Gasteiger partial charge >= 0.3 is 0 Å². The molecule has 0 bridgehead atoms. The van der Waals surface area contributed by atoms with E-state index in [0.29, 0.717) is 6.10 Å². The summed E-state index contributed by atoms with van der Waals surface area (Å²) < 4.78 is 5.79. The molecule has 3 heteroatoms. The van der Waals surface area contributed by atoms with Crippen LogP contribution >= 0.6 is 0 Å². The van der Waals surface area contributed by atoms with E-state index in [1.54, 1.807) is 0 Å². The van der Waals surface area contributed by atoms with E-state index in [1.165, 1.54) is 19.4 Å². The van der Waals surface area contributed by atoms with Gasteiger partial charge in [-0.2, -0.15) is 0 Å². The maximum Gasteiger partial charge on any atom is 0.0826 e. The van der Waals surface area contributed by atoms with Gasteiger partial charge in [-0.15, -0.1) is 0 Å². The van der Waals surface area contributed by atoms with Crippen LogP contribution < -0.4 is 5.32 Å². The number of hydrogen-bond acceptors (Lipinski definition) is 3. The summed E-state index contributed by atoms with van der Waals surface area (Å²) in [6, 6.07) is 0.734. The van der Waals surface area contributed by atoms with Gasteiger partial charge in [0, 0.05) is 19.1 Å². The minimum absolute atomic E-state index is 0.425. The minimum atomic E-state index is 0.425. The Labute approximate surface area is 80.4 Å². The molecule has 2 rings (SSSR count). The van der Waals surface area contributed by atoms with Crippen molar-refractivity contribution in [3.05, 3.63) is 0 Å². The molecular weight excluding hydrogens is 164 g/mol. The smallest absolute Gasteiger partial charge is 0.0826 e. The van der Waals surface area contributed by atoms with Crippen LogP contribution in [0.5, 0.6) is 0 Å². The first-order valence-corrected chi connectivity index (χ1v) is 5.46. The van der Waals surface area contributed by atoms with Crippen LogP contribution in [0.1, 0.15) is 19.8 Å². The molecule has 3 nitrogen and oxygen atoms in total. The second-order valence-corrected chi connectivity index (χ2v) is 4.05. The molecule has 0 radical (unpaired) electrons. The van der Waals surface area contributed by atoms with Crippen LogP contribution in [-0.4, -0.2) is 49.8 Å². The monoisotopic (exact) mass is 184 g/mol. The Morgan fingerprint density at radius 3 is 3.31 bits per heavy atom. The Kier molecular flexibility index (Phi) is 3.19. The zero-order valence-corrected chi connectivity index (χ0v) is 8.46. The van der Waals surface area contributed by atoms with Crippen LogP contribution in [0.2, 0.25) is 0 Å². The van der Waals surface area contributed by atoms with Crippen LogP contribution in [0.25, 0.3) is 0 Å². The summed E-state index contributed by atoms with van der Waals surface area (Å²) in [5, 5.41) is 3.35. The van der Waals surface area contributed by atoms with Crippen molar-refractivity contribution in [2.45, 2.75) is 31.9 Å².